The number of likely N-dealkylation sites (N-methyl/N-ethyl adjacent to an activating group) is 1. The Balaban J connectivity index is 2.82. The van der Waals surface area contributed by atoms with Crippen LogP contribution in [0.1, 0.15) is 18.6 Å². The van der Waals surface area contributed by atoms with E-state index in [1.165, 1.54) is 6.26 Å². The molecule has 1 aromatic carbocycles. The van der Waals surface area contributed by atoms with Crippen LogP contribution in [0.15, 0.2) is 43.2 Å². The SMILES string of the molecule is C=COC(c1ccccc1)[C@@H](C)NC. The molecular weight excluding hydrogens is 174 g/mol. The third-order valence-corrected chi connectivity index (χ3v) is 2.28. The van der Waals surface area contributed by atoms with E-state index in [9.17, 15) is 0 Å². The molecule has 76 valence electrons. The van der Waals surface area contributed by atoms with Gasteiger partial charge in [-0.1, -0.05) is 36.9 Å². The van der Waals surface area contributed by atoms with E-state index in [1.54, 1.807) is 0 Å². The lowest BCUT2D eigenvalue weighted by Gasteiger charge is -2.23. The van der Waals surface area contributed by atoms with Crippen molar-refractivity contribution in [1.82, 2.24) is 5.32 Å². The van der Waals surface area contributed by atoms with Crippen molar-refractivity contribution in [2.24, 2.45) is 0 Å². The molecule has 1 rings (SSSR count). The molecule has 14 heavy (non-hydrogen) atoms. The van der Waals surface area contributed by atoms with Gasteiger partial charge in [0.2, 0.25) is 0 Å². The van der Waals surface area contributed by atoms with Gasteiger partial charge in [-0.05, 0) is 19.5 Å². The second-order valence-corrected chi connectivity index (χ2v) is 3.21. The highest BCUT2D eigenvalue weighted by atomic mass is 16.5. The third kappa shape index (κ3) is 2.60. The van der Waals surface area contributed by atoms with Crippen LogP contribution in [0, 0.1) is 0 Å². The molecular formula is C12H17NO. The first-order valence-corrected chi connectivity index (χ1v) is 4.78. The minimum Gasteiger partial charge on any atom is -0.492 e. The molecule has 1 unspecified atom stereocenters. The Hall–Kier alpha value is -1.28. The van der Waals surface area contributed by atoms with E-state index in [1.807, 2.05) is 25.2 Å². The molecule has 1 aromatic rings. The summed E-state index contributed by atoms with van der Waals surface area (Å²) in [6, 6.07) is 10.4. The van der Waals surface area contributed by atoms with Crippen molar-refractivity contribution < 1.29 is 4.74 Å². The standard InChI is InChI=1S/C12H17NO/c1-4-14-12(10(2)13-3)11-8-6-5-7-9-11/h4-10,12-13H,1H2,2-3H3/t10-,12?/m1/s1. The lowest BCUT2D eigenvalue weighted by molar-refractivity contribution is 0.114. The molecule has 0 saturated carbocycles. The van der Waals surface area contributed by atoms with Gasteiger partial charge in [0.25, 0.3) is 0 Å². The second-order valence-electron chi connectivity index (χ2n) is 3.21. The summed E-state index contributed by atoms with van der Waals surface area (Å²) in [6.45, 7) is 5.68. The van der Waals surface area contributed by atoms with Crippen LogP contribution in [-0.4, -0.2) is 13.1 Å². The van der Waals surface area contributed by atoms with Gasteiger partial charge in [-0.15, -0.1) is 0 Å². The first-order chi connectivity index (χ1) is 6.79. The molecule has 2 atom stereocenters. The summed E-state index contributed by atoms with van der Waals surface area (Å²) < 4.78 is 5.48. The van der Waals surface area contributed by atoms with Crippen LogP contribution in [0.2, 0.25) is 0 Å². The van der Waals surface area contributed by atoms with E-state index >= 15 is 0 Å². The summed E-state index contributed by atoms with van der Waals surface area (Å²) in [7, 11) is 1.92. The summed E-state index contributed by atoms with van der Waals surface area (Å²) >= 11 is 0. The Labute approximate surface area is 85.6 Å². The average Bonchev–Trinajstić information content (AvgIpc) is 2.26. The summed E-state index contributed by atoms with van der Waals surface area (Å²) in [5.41, 5.74) is 1.16. The predicted octanol–water partition coefficient (Wildman–Crippen LogP) is 2.50. The van der Waals surface area contributed by atoms with Gasteiger partial charge < -0.3 is 10.1 Å². The topological polar surface area (TPSA) is 21.3 Å². The molecule has 0 aliphatic heterocycles. The summed E-state index contributed by atoms with van der Waals surface area (Å²) in [6.07, 6.45) is 1.52. The molecule has 0 aromatic heterocycles. The minimum atomic E-state index is 0.0266. The zero-order valence-corrected chi connectivity index (χ0v) is 8.73. The fourth-order valence-corrected chi connectivity index (χ4v) is 1.38. The van der Waals surface area contributed by atoms with E-state index in [0.29, 0.717) is 0 Å². The van der Waals surface area contributed by atoms with Crippen LogP contribution in [0.25, 0.3) is 0 Å². The molecule has 0 spiro atoms. The van der Waals surface area contributed by atoms with Crippen molar-refractivity contribution in [3.05, 3.63) is 48.7 Å². The van der Waals surface area contributed by atoms with Crippen molar-refractivity contribution in [2.75, 3.05) is 7.05 Å². The summed E-state index contributed by atoms with van der Waals surface area (Å²) in [5.74, 6) is 0. The van der Waals surface area contributed by atoms with Crippen LogP contribution in [0.3, 0.4) is 0 Å². The first kappa shape index (κ1) is 10.8. The van der Waals surface area contributed by atoms with Gasteiger partial charge >= 0.3 is 0 Å². The second kappa shape index (κ2) is 5.45. The smallest absolute Gasteiger partial charge is 0.138 e. The minimum absolute atomic E-state index is 0.0266. The van der Waals surface area contributed by atoms with Gasteiger partial charge in [-0.2, -0.15) is 0 Å². The molecule has 0 bridgehead atoms. The van der Waals surface area contributed by atoms with Crippen LogP contribution < -0.4 is 5.32 Å². The monoisotopic (exact) mass is 191 g/mol. The molecule has 0 heterocycles. The van der Waals surface area contributed by atoms with Crippen LogP contribution in [-0.2, 0) is 4.74 Å². The number of ether oxygens (including phenoxy) is 1. The maximum atomic E-state index is 5.48. The summed E-state index contributed by atoms with van der Waals surface area (Å²) in [4.78, 5) is 0. The fourth-order valence-electron chi connectivity index (χ4n) is 1.38. The van der Waals surface area contributed by atoms with Crippen molar-refractivity contribution in [3.8, 4) is 0 Å². The third-order valence-electron chi connectivity index (χ3n) is 2.28. The summed E-state index contributed by atoms with van der Waals surface area (Å²) in [5, 5.41) is 3.18. The highest BCUT2D eigenvalue weighted by molar-refractivity contribution is 5.19. The van der Waals surface area contributed by atoms with Crippen molar-refractivity contribution in [3.63, 3.8) is 0 Å². The fraction of sp³-hybridized carbons (Fsp3) is 0.333. The number of hydrogen-bond donors (Lipinski definition) is 1. The zero-order valence-electron chi connectivity index (χ0n) is 8.73. The predicted molar refractivity (Wildman–Crippen MR) is 59.0 cm³/mol. The molecule has 0 aliphatic rings. The van der Waals surface area contributed by atoms with Gasteiger partial charge in [-0.3, -0.25) is 0 Å². The van der Waals surface area contributed by atoms with E-state index in [4.69, 9.17) is 4.74 Å². The largest absolute Gasteiger partial charge is 0.492 e. The molecule has 0 amide bonds. The van der Waals surface area contributed by atoms with E-state index < -0.39 is 0 Å². The van der Waals surface area contributed by atoms with Crippen molar-refractivity contribution in [2.45, 2.75) is 19.1 Å². The molecule has 0 aliphatic carbocycles. The van der Waals surface area contributed by atoms with Crippen LogP contribution in [0.5, 0.6) is 0 Å². The lowest BCUT2D eigenvalue weighted by Crippen LogP contribution is -2.29. The number of rotatable bonds is 5. The van der Waals surface area contributed by atoms with Crippen LogP contribution in [0.4, 0.5) is 0 Å². The van der Waals surface area contributed by atoms with Gasteiger partial charge in [0.15, 0.2) is 0 Å². The number of nitrogens with one attached hydrogen (secondary N) is 1. The van der Waals surface area contributed by atoms with E-state index in [2.05, 4.69) is 31.0 Å². The Bertz CT molecular complexity index is 271. The van der Waals surface area contributed by atoms with Crippen LogP contribution >= 0.6 is 0 Å². The molecule has 1 N–H and O–H groups in total. The lowest BCUT2D eigenvalue weighted by atomic mass is 10.0. The highest BCUT2D eigenvalue weighted by Gasteiger charge is 2.17. The van der Waals surface area contributed by atoms with E-state index in [0.717, 1.165) is 5.56 Å². The molecule has 2 heteroatoms. The Kier molecular flexibility index (Phi) is 4.20. The van der Waals surface area contributed by atoms with Gasteiger partial charge in [0.05, 0.1) is 6.26 Å². The maximum absolute atomic E-state index is 5.48. The molecule has 2 nitrogen and oxygen atoms in total. The van der Waals surface area contributed by atoms with Crippen molar-refractivity contribution >= 4 is 0 Å². The van der Waals surface area contributed by atoms with Gasteiger partial charge in [0.1, 0.15) is 6.10 Å². The Morgan fingerprint density at radius 3 is 2.50 bits per heavy atom. The van der Waals surface area contributed by atoms with Gasteiger partial charge in [-0.25, -0.2) is 0 Å². The van der Waals surface area contributed by atoms with E-state index in [-0.39, 0.29) is 12.1 Å². The molecule has 0 saturated heterocycles. The number of hydrogen-bond acceptors (Lipinski definition) is 2. The maximum Gasteiger partial charge on any atom is 0.138 e. The zero-order chi connectivity index (χ0) is 10.4. The normalized spacial score (nSPS) is 14.4. The van der Waals surface area contributed by atoms with Crippen molar-refractivity contribution in [1.29, 1.82) is 0 Å². The quantitative estimate of drug-likeness (QED) is 0.722. The first-order valence-electron chi connectivity index (χ1n) is 4.78. The van der Waals surface area contributed by atoms with Gasteiger partial charge in [0, 0.05) is 6.04 Å². The number of benzene rings is 1. The highest BCUT2D eigenvalue weighted by Crippen LogP contribution is 2.20. The Morgan fingerprint density at radius 1 is 1.36 bits per heavy atom. The average molecular weight is 191 g/mol. The molecule has 0 fully saturated rings. The molecule has 0 radical (unpaired) electrons. The Morgan fingerprint density at radius 2 is 2.00 bits per heavy atom.